The molecule has 1 nitrogen and oxygen atoms in total. The summed E-state index contributed by atoms with van der Waals surface area (Å²) in [5.74, 6) is 2.35. The molecule has 0 atom stereocenters. The van der Waals surface area contributed by atoms with E-state index in [0.29, 0.717) is 5.33 Å². The van der Waals surface area contributed by atoms with Crippen LogP contribution in [0.1, 0.15) is 329 Å². The van der Waals surface area contributed by atoms with E-state index in [1.165, 1.54) is 332 Å². The van der Waals surface area contributed by atoms with Crippen LogP contribution in [-0.4, -0.2) is 36.5 Å². The first kappa shape index (κ1) is 65.8. The Bertz CT molecular complexity index is 688. The fourth-order valence-electron chi connectivity index (χ4n) is 9.46. The number of halogens is 2. The van der Waals surface area contributed by atoms with Crippen molar-refractivity contribution in [1.29, 1.82) is 0 Å². The summed E-state index contributed by atoms with van der Waals surface area (Å²) in [6.45, 7) is 11.3. The molecule has 0 saturated carbocycles. The van der Waals surface area contributed by atoms with E-state index in [9.17, 15) is 0 Å². The van der Waals surface area contributed by atoms with Gasteiger partial charge in [-0.3, -0.25) is 0 Å². The molecule has 368 valence electrons. The Hall–Kier alpha value is 0.480. The van der Waals surface area contributed by atoms with Gasteiger partial charge in [-0.1, -0.05) is 312 Å². The lowest BCUT2D eigenvalue weighted by atomic mass is 10.0. The molecule has 0 aliphatic rings. The maximum Gasteiger partial charge on any atom is 0.0784 e. The van der Waals surface area contributed by atoms with Crippen LogP contribution in [0.15, 0.2) is 0 Å². The summed E-state index contributed by atoms with van der Waals surface area (Å²) in [7, 11) is 2.64. The highest BCUT2D eigenvalue weighted by Crippen LogP contribution is 2.19. The molecule has 0 radical (unpaired) electrons. The van der Waals surface area contributed by atoms with Gasteiger partial charge in [-0.25, -0.2) is 0 Å². The van der Waals surface area contributed by atoms with Gasteiger partial charge in [-0.05, 0) is 38.5 Å². The molecule has 0 fully saturated rings. The molecule has 0 aromatic heterocycles. The predicted octanol–water partition coefficient (Wildman–Crippen LogP) is 18.2. The first-order chi connectivity index (χ1) is 29.6. The average molecular weight is 988 g/mol. The number of hydrogen-bond acceptors (Lipinski definition) is 0. The zero-order chi connectivity index (χ0) is 44.0. The van der Waals surface area contributed by atoms with Crippen molar-refractivity contribution < 1.29 is 21.5 Å². The van der Waals surface area contributed by atoms with Crippen LogP contribution in [0.3, 0.4) is 0 Å². The molecule has 0 bridgehead atoms. The van der Waals surface area contributed by atoms with Crippen LogP contribution < -0.4 is 17.0 Å². The summed E-state index contributed by atoms with van der Waals surface area (Å²) in [6.07, 6.45) is 75.4. The molecule has 0 aromatic rings. The zero-order valence-corrected chi connectivity index (χ0v) is 46.2. The fourth-order valence-corrected chi connectivity index (χ4v) is 9.46. The standard InChI is InChI=1S/C55H114N.C3H3Br.BrH/c1-5-8-11-14-17-20-23-26-29-32-35-38-41-44-47-50-53-56(4,54-51-48-45-42-39-36-33-30-27-24-21-18-15-12-9-6-2)55-52-49-46-43-40-37-34-31-28-25-22-19-16-13-10-7-3;1-2-3-4;/h5-55H2,1-4H3;1H,3H2;1H/q+1;;/p-1. The van der Waals surface area contributed by atoms with Crippen molar-refractivity contribution in [2.24, 2.45) is 0 Å². The van der Waals surface area contributed by atoms with Crippen LogP contribution in [0.2, 0.25) is 0 Å². The van der Waals surface area contributed by atoms with Crippen molar-refractivity contribution in [2.75, 3.05) is 32.0 Å². The molecule has 3 heteroatoms. The van der Waals surface area contributed by atoms with Gasteiger partial charge in [0.05, 0.1) is 32.0 Å². The third-order valence-corrected chi connectivity index (χ3v) is 14.1. The molecule has 0 spiro atoms. The van der Waals surface area contributed by atoms with Gasteiger partial charge in [0.1, 0.15) is 0 Å². The minimum Gasteiger partial charge on any atom is -1.00 e. The Kier molecular flexibility index (Phi) is 65.2. The van der Waals surface area contributed by atoms with Crippen LogP contribution in [0.5, 0.6) is 0 Å². The lowest BCUT2D eigenvalue weighted by molar-refractivity contribution is -0.910. The third kappa shape index (κ3) is 60.5. The van der Waals surface area contributed by atoms with E-state index in [0.717, 1.165) is 0 Å². The van der Waals surface area contributed by atoms with Crippen LogP contribution in [0.25, 0.3) is 0 Å². The first-order valence-corrected chi connectivity index (χ1v) is 29.5. The highest BCUT2D eigenvalue weighted by Gasteiger charge is 2.20. The molecule has 0 N–H and O–H groups in total. The Morgan fingerprint density at radius 3 is 0.508 bits per heavy atom. The smallest absolute Gasteiger partial charge is 0.0784 e. The quantitative estimate of drug-likeness (QED) is 0.0247. The highest BCUT2D eigenvalue weighted by molar-refractivity contribution is 9.09. The van der Waals surface area contributed by atoms with E-state index in [4.69, 9.17) is 6.42 Å². The number of hydrogen-bond donors (Lipinski definition) is 0. The largest absolute Gasteiger partial charge is 1.00 e. The van der Waals surface area contributed by atoms with E-state index in [2.05, 4.69) is 49.7 Å². The molecule has 0 aliphatic heterocycles. The molecule has 0 aromatic carbocycles. The number of alkyl halides is 1. The molecule has 0 heterocycles. The van der Waals surface area contributed by atoms with Gasteiger partial charge in [0.25, 0.3) is 0 Å². The van der Waals surface area contributed by atoms with E-state index in [1.54, 1.807) is 0 Å². The zero-order valence-electron chi connectivity index (χ0n) is 43.1. The number of rotatable bonds is 51. The lowest BCUT2D eigenvalue weighted by Gasteiger charge is -2.35. The molecule has 0 amide bonds. The minimum atomic E-state index is 0. The predicted molar refractivity (Wildman–Crippen MR) is 282 cm³/mol. The summed E-state index contributed by atoms with van der Waals surface area (Å²) in [5, 5.41) is 0.660. The van der Waals surface area contributed by atoms with Crippen LogP contribution >= 0.6 is 15.9 Å². The van der Waals surface area contributed by atoms with Gasteiger partial charge in [-0.15, -0.1) is 6.42 Å². The monoisotopic (exact) mass is 986 g/mol. The normalized spacial score (nSPS) is 11.3. The molecule has 0 aliphatic carbocycles. The third-order valence-electron chi connectivity index (χ3n) is 13.7. The van der Waals surface area contributed by atoms with E-state index in [1.807, 2.05) is 0 Å². The average Bonchev–Trinajstić information content (AvgIpc) is 3.26. The van der Waals surface area contributed by atoms with E-state index >= 15 is 0 Å². The number of quaternary nitrogens is 1. The van der Waals surface area contributed by atoms with Crippen molar-refractivity contribution in [3.05, 3.63) is 0 Å². The molecular weight excluding hydrogens is 870 g/mol. The second-order valence-corrected chi connectivity index (χ2v) is 20.6. The van der Waals surface area contributed by atoms with Crippen LogP contribution in [-0.2, 0) is 0 Å². The Morgan fingerprint density at radius 1 is 0.279 bits per heavy atom. The van der Waals surface area contributed by atoms with Crippen LogP contribution in [0.4, 0.5) is 0 Å². The second-order valence-electron chi connectivity index (χ2n) is 20.0. The van der Waals surface area contributed by atoms with Crippen molar-refractivity contribution in [2.45, 2.75) is 329 Å². The molecular formula is C58H117Br2N. The molecule has 0 rings (SSSR count). The lowest BCUT2D eigenvalue weighted by Crippen LogP contribution is -3.00. The van der Waals surface area contributed by atoms with Gasteiger partial charge in [0.2, 0.25) is 0 Å². The number of nitrogens with zero attached hydrogens (tertiary/aromatic N) is 1. The van der Waals surface area contributed by atoms with Crippen molar-refractivity contribution in [3.8, 4) is 12.3 Å². The van der Waals surface area contributed by atoms with E-state index in [-0.39, 0.29) is 17.0 Å². The van der Waals surface area contributed by atoms with Gasteiger partial charge in [-0.2, -0.15) is 0 Å². The summed E-state index contributed by atoms with van der Waals surface area (Å²) >= 11 is 3.01. The summed E-state index contributed by atoms with van der Waals surface area (Å²) in [4.78, 5) is 0. The SMILES string of the molecule is C#CCBr.CCCCCCCCCCCCCCCCCC[N+](C)(CCCCCCCCCCCCCCCCCC)CCCCCCCCCCCCCCCCCC.[Br-]. The molecule has 0 saturated heterocycles. The van der Waals surface area contributed by atoms with E-state index < -0.39 is 0 Å². The van der Waals surface area contributed by atoms with Gasteiger partial charge >= 0.3 is 0 Å². The number of unbranched alkanes of at least 4 members (excludes halogenated alkanes) is 45. The van der Waals surface area contributed by atoms with Gasteiger partial charge < -0.3 is 21.5 Å². The maximum absolute atomic E-state index is 4.73. The Morgan fingerprint density at radius 2 is 0.393 bits per heavy atom. The maximum atomic E-state index is 4.73. The second kappa shape index (κ2) is 60.5. The van der Waals surface area contributed by atoms with Crippen LogP contribution in [0, 0.1) is 12.3 Å². The van der Waals surface area contributed by atoms with Crippen molar-refractivity contribution in [3.63, 3.8) is 0 Å². The fraction of sp³-hybridized carbons (Fsp3) is 0.966. The van der Waals surface area contributed by atoms with Gasteiger partial charge in [0, 0.05) is 0 Å². The summed E-state index contributed by atoms with van der Waals surface area (Å²) < 4.78 is 1.37. The topological polar surface area (TPSA) is 0 Å². The first-order valence-electron chi connectivity index (χ1n) is 28.4. The van der Waals surface area contributed by atoms with Gasteiger partial charge in [0.15, 0.2) is 0 Å². The number of terminal acetylenes is 1. The Balaban J connectivity index is -0.00000641. The van der Waals surface area contributed by atoms with Crippen molar-refractivity contribution >= 4 is 15.9 Å². The highest BCUT2D eigenvalue weighted by atomic mass is 79.9. The summed E-state index contributed by atoms with van der Waals surface area (Å²) in [5.41, 5.74) is 0. The van der Waals surface area contributed by atoms with Crippen molar-refractivity contribution in [1.82, 2.24) is 0 Å². The molecule has 0 unspecified atom stereocenters. The summed E-state index contributed by atoms with van der Waals surface area (Å²) in [6, 6.07) is 0. The molecule has 61 heavy (non-hydrogen) atoms. The minimum absolute atomic E-state index is 0. The Labute approximate surface area is 408 Å².